The maximum absolute atomic E-state index is 12.8. The van der Waals surface area contributed by atoms with Crippen LogP contribution in [-0.4, -0.2) is 44.3 Å². The Balaban J connectivity index is 2.18. The zero-order valence-electron chi connectivity index (χ0n) is 11.8. The number of rotatable bonds is 4. The van der Waals surface area contributed by atoms with Crippen molar-refractivity contribution in [2.45, 2.75) is 45.7 Å². The van der Waals surface area contributed by atoms with E-state index in [4.69, 9.17) is 5.11 Å². The molecule has 1 aliphatic heterocycles. The van der Waals surface area contributed by atoms with E-state index in [-0.39, 0.29) is 18.0 Å². The number of carboxylic acids is 1. The number of carbonyl (C=O) groups is 2. The molecule has 1 atom stereocenters. The molecular weight excluding hydrogens is 284 g/mol. The summed E-state index contributed by atoms with van der Waals surface area (Å²) in [5, 5.41) is 12.8. The third-order valence-electron chi connectivity index (χ3n) is 3.85. The van der Waals surface area contributed by atoms with E-state index in [9.17, 15) is 18.4 Å². The Hall–Kier alpha value is -1.99. The molecule has 1 saturated heterocycles. The second kappa shape index (κ2) is 5.79. The predicted molar refractivity (Wildman–Crippen MR) is 69.0 cm³/mol. The van der Waals surface area contributed by atoms with Gasteiger partial charge in [-0.3, -0.25) is 4.79 Å². The number of carbonyl (C=O) groups excluding carboxylic acids is 1. The predicted octanol–water partition coefficient (Wildman–Crippen LogP) is 1.51. The van der Waals surface area contributed by atoms with Gasteiger partial charge in [0.2, 0.25) is 5.91 Å². The van der Waals surface area contributed by atoms with Crippen LogP contribution in [0.2, 0.25) is 0 Å². The summed E-state index contributed by atoms with van der Waals surface area (Å²) in [6.07, 6.45) is 0.959. The smallest absolute Gasteiger partial charge is 0.333 e. The van der Waals surface area contributed by atoms with Crippen molar-refractivity contribution in [1.82, 2.24) is 14.7 Å². The van der Waals surface area contributed by atoms with Gasteiger partial charge in [0.25, 0.3) is 0 Å². The van der Waals surface area contributed by atoms with Crippen LogP contribution in [0.25, 0.3) is 0 Å². The number of hydrogen-bond donors (Lipinski definition) is 1. The molecule has 0 aliphatic carbocycles. The highest BCUT2D eigenvalue weighted by atomic mass is 19.3. The average Bonchev–Trinajstić information content (AvgIpc) is 2.98. The number of aliphatic carboxylic acids is 1. The van der Waals surface area contributed by atoms with Crippen LogP contribution >= 0.6 is 0 Å². The van der Waals surface area contributed by atoms with Crippen LogP contribution in [0.4, 0.5) is 8.78 Å². The van der Waals surface area contributed by atoms with E-state index >= 15 is 0 Å². The molecule has 1 aliphatic rings. The van der Waals surface area contributed by atoms with Gasteiger partial charge in [0, 0.05) is 17.8 Å². The molecule has 1 aromatic heterocycles. The van der Waals surface area contributed by atoms with Gasteiger partial charge in [-0.05, 0) is 26.7 Å². The lowest BCUT2D eigenvalue weighted by molar-refractivity contribution is -0.148. The second-order valence-electron chi connectivity index (χ2n) is 5.13. The molecule has 0 spiro atoms. The van der Waals surface area contributed by atoms with Gasteiger partial charge in [0.15, 0.2) is 0 Å². The molecule has 1 fully saturated rings. The minimum Gasteiger partial charge on any atom is -0.480 e. The molecule has 8 heteroatoms. The third-order valence-corrected chi connectivity index (χ3v) is 3.85. The van der Waals surface area contributed by atoms with Crippen LogP contribution < -0.4 is 0 Å². The molecule has 1 amide bonds. The molecule has 21 heavy (non-hydrogen) atoms. The van der Waals surface area contributed by atoms with Crippen LogP contribution in [0.5, 0.6) is 0 Å². The number of likely N-dealkylation sites (tertiary alicyclic amines) is 1. The Morgan fingerprint density at radius 3 is 2.62 bits per heavy atom. The van der Waals surface area contributed by atoms with Gasteiger partial charge in [-0.25, -0.2) is 9.48 Å². The van der Waals surface area contributed by atoms with Gasteiger partial charge in [0.1, 0.15) is 6.04 Å². The van der Waals surface area contributed by atoms with E-state index in [1.165, 1.54) is 11.8 Å². The van der Waals surface area contributed by atoms with Crippen molar-refractivity contribution in [3.05, 3.63) is 17.0 Å². The van der Waals surface area contributed by atoms with Crippen molar-refractivity contribution in [3.8, 4) is 0 Å². The maximum atomic E-state index is 12.8. The van der Waals surface area contributed by atoms with E-state index in [0.29, 0.717) is 35.3 Å². The summed E-state index contributed by atoms with van der Waals surface area (Å²) >= 11 is 0. The highest BCUT2D eigenvalue weighted by Gasteiger charge is 2.34. The lowest BCUT2D eigenvalue weighted by Crippen LogP contribution is -2.41. The molecule has 6 nitrogen and oxygen atoms in total. The molecule has 0 radical (unpaired) electrons. The van der Waals surface area contributed by atoms with Crippen molar-refractivity contribution in [1.29, 1.82) is 0 Å². The molecule has 2 rings (SSSR count). The molecule has 0 saturated carbocycles. The number of nitrogens with zero attached hydrogens (tertiary/aromatic N) is 3. The summed E-state index contributed by atoms with van der Waals surface area (Å²) in [7, 11) is 0. The minimum atomic E-state index is -2.76. The number of hydrogen-bond acceptors (Lipinski definition) is 3. The highest BCUT2D eigenvalue weighted by molar-refractivity contribution is 5.85. The maximum Gasteiger partial charge on any atom is 0.333 e. The quantitative estimate of drug-likeness (QED) is 0.914. The van der Waals surface area contributed by atoms with Crippen LogP contribution in [0.15, 0.2) is 0 Å². The van der Waals surface area contributed by atoms with Crippen LogP contribution in [0.3, 0.4) is 0 Å². The first-order valence-corrected chi connectivity index (χ1v) is 6.68. The van der Waals surface area contributed by atoms with Gasteiger partial charge in [-0.2, -0.15) is 13.9 Å². The minimum absolute atomic E-state index is 0.103. The van der Waals surface area contributed by atoms with Crippen molar-refractivity contribution in [2.75, 3.05) is 6.54 Å². The Morgan fingerprint density at radius 1 is 1.43 bits per heavy atom. The normalized spacial score (nSPS) is 18.5. The molecule has 2 heterocycles. The monoisotopic (exact) mass is 301 g/mol. The SMILES string of the molecule is Cc1nn(C(F)F)c(C)c1CC(=O)N1CCC[C@@H]1C(=O)O. The molecule has 0 bridgehead atoms. The van der Waals surface area contributed by atoms with Crippen molar-refractivity contribution < 1.29 is 23.5 Å². The second-order valence-corrected chi connectivity index (χ2v) is 5.13. The van der Waals surface area contributed by atoms with E-state index in [1.807, 2.05) is 0 Å². The fraction of sp³-hybridized carbons (Fsp3) is 0.615. The summed E-state index contributed by atoms with van der Waals surface area (Å²) in [6.45, 7) is 0.670. The van der Waals surface area contributed by atoms with E-state index in [0.717, 1.165) is 0 Å². The first-order valence-electron chi connectivity index (χ1n) is 6.68. The Bertz CT molecular complexity index is 571. The zero-order chi connectivity index (χ0) is 15.7. The number of aromatic nitrogens is 2. The van der Waals surface area contributed by atoms with Gasteiger partial charge in [0.05, 0.1) is 12.1 Å². The van der Waals surface area contributed by atoms with Gasteiger partial charge in [-0.1, -0.05) is 0 Å². The highest BCUT2D eigenvalue weighted by Crippen LogP contribution is 2.23. The molecular formula is C13H17F2N3O3. The summed E-state index contributed by atoms with van der Waals surface area (Å²) < 4.78 is 26.1. The first-order chi connectivity index (χ1) is 9.82. The van der Waals surface area contributed by atoms with Gasteiger partial charge >= 0.3 is 12.5 Å². The van der Waals surface area contributed by atoms with Gasteiger partial charge < -0.3 is 10.0 Å². The fourth-order valence-corrected chi connectivity index (χ4v) is 2.72. The zero-order valence-corrected chi connectivity index (χ0v) is 11.8. The number of aryl methyl sites for hydroxylation is 1. The summed E-state index contributed by atoms with van der Waals surface area (Å²) in [5.41, 5.74) is 1.05. The summed E-state index contributed by atoms with van der Waals surface area (Å²) in [5.74, 6) is -1.39. The van der Waals surface area contributed by atoms with Crippen LogP contribution in [0, 0.1) is 13.8 Å². The number of carboxylic acid groups (broad SMARTS) is 1. The Labute approximate surface area is 120 Å². The van der Waals surface area contributed by atoms with Crippen LogP contribution in [0.1, 0.15) is 36.3 Å². The molecule has 0 unspecified atom stereocenters. The van der Waals surface area contributed by atoms with E-state index in [1.54, 1.807) is 6.92 Å². The summed E-state index contributed by atoms with van der Waals surface area (Å²) in [4.78, 5) is 24.6. The molecule has 0 aromatic carbocycles. The summed E-state index contributed by atoms with van der Waals surface area (Å²) in [6, 6.07) is -0.816. The van der Waals surface area contributed by atoms with Gasteiger partial charge in [-0.15, -0.1) is 0 Å². The topological polar surface area (TPSA) is 75.4 Å². The van der Waals surface area contributed by atoms with E-state index in [2.05, 4.69) is 5.10 Å². The first kappa shape index (κ1) is 15.4. The number of alkyl halides is 2. The number of halogens is 2. The molecule has 1 aromatic rings. The molecule has 116 valence electrons. The lowest BCUT2D eigenvalue weighted by atomic mass is 10.1. The average molecular weight is 301 g/mol. The lowest BCUT2D eigenvalue weighted by Gasteiger charge is -2.21. The molecule has 1 N–H and O–H groups in total. The number of amides is 1. The van der Waals surface area contributed by atoms with E-state index < -0.39 is 18.6 Å². The van der Waals surface area contributed by atoms with Crippen molar-refractivity contribution in [2.24, 2.45) is 0 Å². The third kappa shape index (κ3) is 2.88. The Morgan fingerprint density at radius 2 is 2.10 bits per heavy atom. The Kier molecular flexibility index (Phi) is 4.24. The largest absolute Gasteiger partial charge is 0.480 e. The fourth-order valence-electron chi connectivity index (χ4n) is 2.72. The van der Waals surface area contributed by atoms with Crippen LogP contribution in [-0.2, 0) is 16.0 Å². The van der Waals surface area contributed by atoms with Crippen molar-refractivity contribution >= 4 is 11.9 Å². The standard InChI is InChI=1S/C13H17F2N3O3/c1-7-9(8(2)18(16-7)13(14)15)6-11(19)17-5-3-4-10(17)12(20)21/h10,13H,3-6H2,1-2H3,(H,20,21)/t10-/m1/s1. The van der Waals surface area contributed by atoms with Crippen molar-refractivity contribution in [3.63, 3.8) is 0 Å².